The lowest BCUT2D eigenvalue weighted by Gasteiger charge is -2.10. The Morgan fingerprint density at radius 1 is 1.04 bits per heavy atom. The van der Waals surface area contributed by atoms with E-state index < -0.39 is 22.2 Å². The Morgan fingerprint density at radius 3 is 2.48 bits per heavy atom. The summed E-state index contributed by atoms with van der Waals surface area (Å²) in [5, 5.41) is 15.0. The molecule has 1 heterocycles. The minimum Gasteiger partial charge on any atom is -0.268 e. The third kappa shape index (κ3) is 4.20. The summed E-state index contributed by atoms with van der Waals surface area (Å²) in [5.74, 6) is 0. The lowest BCUT2D eigenvalue weighted by atomic mass is 10.1. The first-order valence-electron chi connectivity index (χ1n) is 7.73. The van der Waals surface area contributed by atoms with Gasteiger partial charge in [0, 0.05) is 23.8 Å². The van der Waals surface area contributed by atoms with Gasteiger partial charge in [0.05, 0.1) is 22.7 Å². The fraction of sp³-hybridized carbons (Fsp3) is 0.111. The second-order valence-corrected chi connectivity index (χ2v) is 5.72. The van der Waals surface area contributed by atoms with Crippen molar-refractivity contribution < 1.29 is 18.1 Å². The number of nitrogens with zero attached hydrogens (tertiary/aromatic N) is 3. The monoisotopic (exact) mass is 375 g/mol. The molecule has 0 aliphatic heterocycles. The zero-order valence-electron chi connectivity index (χ0n) is 13.7. The van der Waals surface area contributed by atoms with Gasteiger partial charge in [0.15, 0.2) is 0 Å². The average Bonchev–Trinajstić information content (AvgIpc) is 2.63. The molecule has 0 aliphatic carbocycles. The molecule has 9 heteroatoms. The molecule has 0 fully saturated rings. The standard InChI is InChI=1S/C18H12F3N3O3/c19-18(20,21)14-5-1-3-12(9-14)11-23-17(25)8-7-16(22-23)13-4-2-6-15(10-13)24(26)27/h1-10H,11H2. The van der Waals surface area contributed by atoms with Gasteiger partial charge in [-0.1, -0.05) is 24.3 Å². The lowest BCUT2D eigenvalue weighted by Crippen LogP contribution is -2.23. The largest absolute Gasteiger partial charge is 0.416 e. The minimum absolute atomic E-state index is 0.134. The maximum atomic E-state index is 12.8. The molecule has 0 aliphatic rings. The summed E-state index contributed by atoms with van der Waals surface area (Å²) in [6, 6.07) is 12.9. The molecule has 0 spiro atoms. The van der Waals surface area contributed by atoms with E-state index >= 15 is 0 Å². The Kier molecular flexibility index (Phi) is 4.76. The van der Waals surface area contributed by atoms with Gasteiger partial charge in [-0.15, -0.1) is 0 Å². The highest BCUT2D eigenvalue weighted by Gasteiger charge is 2.30. The maximum Gasteiger partial charge on any atom is 0.416 e. The summed E-state index contributed by atoms with van der Waals surface area (Å²) in [4.78, 5) is 22.4. The number of nitro groups is 1. The van der Waals surface area contributed by atoms with Gasteiger partial charge in [-0.25, -0.2) is 4.68 Å². The van der Waals surface area contributed by atoms with Crippen LogP contribution in [-0.2, 0) is 12.7 Å². The highest BCUT2D eigenvalue weighted by molar-refractivity contribution is 5.61. The van der Waals surface area contributed by atoms with Crippen LogP contribution in [0, 0.1) is 10.1 Å². The van der Waals surface area contributed by atoms with Crippen LogP contribution >= 0.6 is 0 Å². The number of aromatic nitrogens is 2. The van der Waals surface area contributed by atoms with Crippen molar-refractivity contribution in [3.05, 3.63) is 92.3 Å². The summed E-state index contributed by atoms with van der Waals surface area (Å²) in [5.41, 5.74) is -0.475. The molecule has 1 aromatic heterocycles. The van der Waals surface area contributed by atoms with E-state index in [9.17, 15) is 28.1 Å². The van der Waals surface area contributed by atoms with Crippen LogP contribution in [0.25, 0.3) is 11.3 Å². The van der Waals surface area contributed by atoms with Crippen molar-refractivity contribution in [1.29, 1.82) is 0 Å². The Labute approximate surface area is 150 Å². The van der Waals surface area contributed by atoms with Crippen LogP contribution in [0.5, 0.6) is 0 Å². The lowest BCUT2D eigenvalue weighted by molar-refractivity contribution is -0.384. The summed E-state index contributed by atoms with van der Waals surface area (Å²) in [6.45, 7) is -0.161. The quantitative estimate of drug-likeness (QED) is 0.512. The van der Waals surface area contributed by atoms with Crippen LogP contribution < -0.4 is 5.56 Å². The molecular formula is C18H12F3N3O3. The fourth-order valence-corrected chi connectivity index (χ4v) is 2.51. The van der Waals surface area contributed by atoms with Crippen molar-refractivity contribution in [3.63, 3.8) is 0 Å². The molecule has 0 atom stereocenters. The van der Waals surface area contributed by atoms with E-state index in [-0.39, 0.29) is 17.8 Å². The van der Waals surface area contributed by atoms with Crippen molar-refractivity contribution in [3.8, 4) is 11.3 Å². The molecule has 0 radical (unpaired) electrons. The number of nitro benzene ring substituents is 1. The minimum atomic E-state index is -4.49. The number of hydrogen-bond donors (Lipinski definition) is 0. The number of non-ortho nitro benzene ring substituents is 1. The zero-order valence-corrected chi connectivity index (χ0v) is 13.7. The highest BCUT2D eigenvalue weighted by atomic mass is 19.4. The number of hydrogen-bond acceptors (Lipinski definition) is 4. The van der Waals surface area contributed by atoms with Crippen molar-refractivity contribution in [1.82, 2.24) is 9.78 Å². The van der Waals surface area contributed by atoms with Gasteiger partial charge in [-0.3, -0.25) is 14.9 Å². The van der Waals surface area contributed by atoms with Gasteiger partial charge < -0.3 is 0 Å². The number of rotatable bonds is 4. The van der Waals surface area contributed by atoms with E-state index in [4.69, 9.17) is 0 Å². The molecule has 2 aromatic carbocycles. The Morgan fingerprint density at radius 2 is 1.78 bits per heavy atom. The molecule has 0 unspecified atom stereocenters. The van der Waals surface area contributed by atoms with Gasteiger partial charge in [0.25, 0.3) is 11.2 Å². The van der Waals surface area contributed by atoms with Gasteiger partial charge in [-0.05, 0) is 23.8 Å². The molecule has 3 rings (SSSR count). The maximum absolute atomic E-state index is 12.8. The van der Waals surface area contributed by atoms with E-state index in [1.807, 2.05) is 0 Å². The van der Waals surface area contributed by atoms with Crippen molar-refractivity contribution in [2.45, 2.75) is 12.7 Å². The molecule has 6 nitrogen and oxygen atoms in total. The average molecular weight is 375 g/mol. The van der Waals surface area contributed by atoms with Gasteiger partial charge >= 0.3 is 6.18 Å². The molecule has 0 saturated heterocycles. The van der Waals surface area contributed by atoms with Gasteiger partial charge in [0.1, 0.15) is 0 Å². The topological polar surface area (TPSA) is 78.0 Å². The van der Waals surface area contributed by atoms with Crippen LogP contribution in [0.4, 0.5) is 18.9 Å². The molecule has 0 N–H and O–H groups in total. The zero-order chi connectivity index (χ0) is 19.6. The smallest absolute Gasteiger partial charge is 0.268 e. The number of benzene rings is 2. The fourth-order valence-electron chi connectivity index (χ4n) is 2.51. The van der Waals surface area contributed by atoms with Crippen LogP contribution in [0.15, 0.2) is 65.5 Å². The van der Waals surface area contributed by atoms with E-state index in [0.717, 1.165) is 16.8 Å². The number of halogens is 3. The van der Waals surface area contributed by atoms with Crippen molar-refractivity contribution >= 4 is 5.69 Å². The van der Waals surface area contributed by atoms with E-state index in [1.54, 1.807) is 6.07 Å². The predicted molar refractivity (Wildman–Crippen MR) is 91.1 cm³/mol. The molecule has 138 valence electrons. The van der Waals surface area contributed by atoms with Crippen LogP contribution in [-0.4, -0.2) is 14.7 Å². The Balaban J connectivity index is 1.96. The van der Waals surface area contributed by atoms with E-state index in [2.05, 4.69) is 5.10 Å². The summed E-state index contributed by atoms with van der Waals surface area (Å²) < 4.78 is 39.5. The van der Waals surface area contributed by atoms with Crippen molar-refractivity contribution in [2.24, 2.45) is 0 Å². The van der Waals surface area contributed by atoms with Crippen LogP contribution in [0.2, 0.25) is 0 Å². The van der Waals surface area contributed by atoms with Crippen molar-refractivity contribution in [2.75, 3.05) is 0 Å². The van der Waals surface area contributed by atoms with Crippen LogP contribution in [0.1, 0.15) is 11.1 Å². The molecule has 0 bridgehead atoms. The Bertz CT molecular complexity index is 1060. The molecule has 3 aromatic rings. The first-order valence-corrected chi connectivity index (χ1v) is 7.73. The second-order valence-electron chi connectivity index (χ2n) is 5.72. The molecule has 0 saturated carbocycles. The molecule has 27 heavy (non-hydrogen) atoms. The molecular weight excluding hydrogens is 363 g/mol. The first-order chi connectivity index (χ1) is 12.7. The predicted octanol–water partition coefficient (Wildman–Crippen LogP) is 3.89. The SMILES string of the molecule is O=c1ccc(-c2cccc([N+](=O)[O-])c2)nn1Cc1cccc(C(F)(F)F)c1. The van der Waals surface area contributed by atoms with E-state index in [1.165, 1.54) is 42.5 Å². The Hall–Kier alpha value is -3.49. The van der Waals surface area contributed by atoms with E-state index in [0.29, 0.717) is 11.3 Å². The third-order valence-corrected chi connectivity index (χ3v) is 3.81. The summed E-state index contributed by atoms with van der Waals surface area (Å²) in [7, 11) is 0. The third-order valence-electron chi connectivity index (χ3n) is 3.81. The highest BCUT2D eigenvalue weighted by Crippen LogP contribution is 2.29. The number of alkyl halides is 3. The molecule has 0 amide bonds. The first kappa shape index (κ1) is 18.3. The normalized spacial score (nSPS) is 11.4. The van der Waals surface area contributed by atoms with Gasteiger partial charge in [-0.2, -0.15) is 18.3 Å². The van der Waals surface area contributed by atoms with Gasteiger partial charge in [0.2, 0.25) is 0 Å². The summed E-state index contributed by atoms with van der Waals surface area (Å²) in [6.07, 6.45) is -4.49. The summed E-state index contributed by atoms with van der Waals surface area (Å²) >= 11 is 0. The van der Waals surface area contributed by atoms with Crippen LogP contribution in [0.3, 0.4) is 0 Å². The second kappa shape index (κ2) is 7.02.